The first-order chi connectivity index (χ1) is 10.9. The summed E-state index contributed by atoms with van der Waals surface area (Å²) in [4.78, 5) is 11.7. The predicted octanol–water partition coefficient (Wildman–Crippen LogP) is 2.81. The van der Waals surface area contributed by atoms with Gasteiger partial charge in [-0.15, -0.1) is 0 Å². The van der Waals surface area contributed by atoms with Crippen molar-refractivity contribution in [3.8, 4) is 11.5 Å². The molecule has 0 bridgehead atoms. The predicted molar refractivity (Wildman–Crippen MR) is 87.7 cm³/mol. The molecule has 0 aromatic heterocycles. The van der Waals surface area contributed by atoms with Crippen molar-refractivity contribution >= 4 is 6.09 Å². The lowest BCUT2D eigenvalue weighted by molar-refractivity contribution is 0.0522. The van der Waals surface area contributed by atoms with Gasteiger partial charge in [0.15, 0.2) is 11.5 Å². The Kier molecular flexibility index (Phi) is 5.71. The first-order valence-electron chi connectivity index (χ1n) is 7.96. The molecule has 2 rings (SSSR count). The molecule has 128 valence electrons. The van der Waals surface area contributed by atoms with E-state index >= 15 is 0 Å². The van der Waals surface area contributed by atoms with Crippen LogP contribution in [-0.2, 0) is 11.3 Å². The zero-order valence-corrected chi connectivity index (χ0v) is 14.3. The molecule has 2 N–H and O–H groups in total. The second kappa shape index (κ2) is 7.55. The molecular formula is C17H26N2O4. The van der Waals surface area contributed by atoms with E-state index in [1.54, 1.807) is 0 Å². The van der Waals surface area contributed by atoms with Crippen LogP contribution in [0.4, 0.5) is 4.79 Å². The molecular weight excluding hydrogens is 296 g/mol. The Morgan fingerprint density at radius 3 is 2.83 bits per heavy atom. The number of ether oxygens (including phenoxy) is 3. The molecule has 1 aliphatic rings. The van der Waals surface area contributed by atoms with Crippen molar-refractivity contribution in [2.24, 2.45) is 0 Å². The highest BCUT2D eigenvalue weighted by Crippen LogP contribution is 2.35. The molecule has 6 heteroatoms. The second-order valence-electron chi connectivity index (χ2n) is 6.52. The van der Waals surface area contributed by atoms with Crippen molar-refractivity contribution in [2.75, 3.05) is 13.3 Å². The largest absolute Gasteiger partial charge is 0.454 e. The summed E-state index contributed by atoms with van der Waals surface area (Å²) in [6.45, 7) is 9.05. The third kappa shape index (κ3) is 5.32. The Hall–Kier alpha value is -1.95. The lowest BCUT2D eigenvalue weighted by atomic mass is 10.1. The third-order valence-electron chi connectivity index (χ3n) is 3.44. The minimum Gasteiger partial charge on any atom is -0.454 e. The highest BCUT2D eigenvalue weighted by molar-refractivity contribution is 5.67. The molecule has 1 aliphatic heterocycles. The number of fused-ring (bicyclic) bond motifs is 1. The zero-order valence-electron chi connectivity index (χ0n) is 14.3. The molecule has 1 atom stereocenters. The molecule has 1 unspecified atom stereocenters. The van der Waals surface area contributed by atoms with Crippen LogP contribution in [0.15, 0.2) is 18.2 Å². The summed E-state index contributed by atoms with van der Waals surface area (Å²) in [5.41, 5.74) is 0.567. The minimum atomic E-state index is -0.485. The van der Waals surface area contributed by atoms with Crippen LogP contribution in [0.2, 0.25) is 0 Å². The number of para-hydroxylation sites is 1. The van der Waals surface area contributed by atoms with E-state index in [1.807, 2.05) is 39.0 Å². The topological polar surface area (TPSA) is 68.8 Å². The number of hydrogen-bond donors (Lipinski definition) is 2. The van der Waals surface area contributed by atoms with Crippen molar-refractivity contribution in [1.82, 2.24) is 10.6 Å². The zero-order chi connectivity index (χ0) is 16.9. The second-order valence-corrected chi connectivity index (χ2v) is 6.52. The summed E-state index contributed by atoms with van der Waals surface area (Å²) < 4.78 is 16.1. The fourth-order valence-corrected chi connectivity index (χ4v) is 2.27. The summed E-state index contributed by atoms with van der Waals surface area (Å²) in [7, 11) is 0. The van der Waals surface area contributed by atoms with Crippen LogP contribution in [0.3, 0.4) is 0 Å². The average Bonchev–Trinajstić information content (AvgIpc) is 2.94. The van der Waals surface area contributed by atoms with Gasteiger partial charge in [0.1, 0.15) is 5.60 Å². The van der Waals surface area contributed by atoms with Gasteiger partial charge < -0.3 is 24.8 Å². The average molecular weight is 322 g/mol. The van der Waals surface area contributed by atoms with E-state index in [0.717, 1.165) is 23.5 Å². The molecule has 23 heavy (non-hydrogen) atoms. The van der Waals surface area contributed by atoms with E-state index in [1.165, 1.54) is 0 Å². The molecule has 0 fully saturated rings. The summed E-state index contributed by atoms with van der Waals surface area (Å²) >= 11 is 0. The molecule has 0 aliphatic carbocycles. The van der Waals surface area contributed by atoms with E-state index in [-0.39, 0.29) is 12.8 Å². The van der Waals surface area contributed by atoms with Gasteiger partial charge in [0.05, 0.1) is 0 Å². The van der Waals surface area contributed by atoms with Crippen molar-refractivity contribution in [1.29, 1.82) is 0 Å². The van der Waals surface area contributed by atoms with Gasteiger partial charge >= 0.3 is 6.09 Å². The van der Waals surface area contributed by atoms with Gasteiger partial charge in [-0.2, -0.15) is 0 Å². The molecule has 1 aromatic carbocycles. The molecule has 1 aromatic rings. The van der Waals surface area contributed by atoms with Crippen LogP contribution in [-0.4, -0.2) is 31.1 Å². The van der Waals surface area contributed by atoms with E-state index in [4.69, 9.17) is 14.2 Å². The molecule has 0 spiro atoms. The fraction of sp³-hybridized carbons (Fsp3) is 0.588. The SMILES string of the molecule is CCC(CNC(=O)OC(C)(C)C)NCc1cccc2c1OCO2. The standard InChI is InChI=1S/C17H26N2O4/c1-5-13(10-19-16(20)23-17(2,3)4)18-9-12-7-6-8-14-15(12)22-11-21-14/h6-8,13,18H,5,9-11H2,1-4H3,(H,19,20). The summed E-state index contributed by atoms with van der Waals surface area (Å²) in [6, 6.07) is 6.01. The maximum Gasteiger partial charge on any atom is 0.407 e. The molecule has 1 heterocycles. The summed E-state index contributed by atoms with van der Waals surface area (Å²) in [5, 5.41) is 6.23. The van der Waals surface area contributed by atoms with E-state index < -0.39 is 11.7 Å². The van der Waals surface area contributed by atoms with E-state index in [0.29, 0.717) is 13.1 Å². The summed E-state index contributed by atoms with van der Waals surface area (Å²) in [6.07, 6.45) is 0.498. The Bertz CT molecular complexity index is 540. The number of nitrogens with one attached hydrogen (secondary N) is 2. The first-order valence-corrected chi connectivity index (χ1v) is 7.96. The lowest BCUT2D eigenvalue weighted by Gasteiger charge is -2.22. The highest BCUT2D eigenvalue weighted by atomic mass is 16.7. The number of carbonyl (C=O) groups excluding carboxylic acids is 1. The first kappa shape index (κ1) is 17.4. The van der Waals surface area contributed by atoms with Crippen molar-refractivity contribution in [3.63, 3.8) is 0 Å². The number of alkyl carbamates (subject to hydrolysis) is 1. The molecule has 0 saturated carbocycles. The van der Waals surface area contributed by atoms with Crippen molar-refractivity contribution in [2.45, 2.75) is 52.3 Å². The maximum absolute atomic E-state index is 11.7. The minimum absolute atomic E-state index is 0.153. The Morgan fingerprint density at radius 2 is 2.13 bits per heavy atom. The van der Waals surface area contributed by atoms with Crippen LogP contribution in [0, 0.1) is 0 Å². The molecule has 6 nitrogen and oxygen atoms in total. The van der Waals surface area contributed by atoms with Gasteiger partial charge in [-0.3, -0.25) is 0 Å². The smallest absolute Gasteiger partial charge is 0.407 e. The Labute approximate surface area is 137 Å². The molecule has 0 saturated heterocycles. The quantitative estimate of drug-likeness (QED) is 0.843. The van der Waals surface area contributed by atoms with E-state index in [2.05, 4.69) is 17.6 Å². The number of carbonyl (C=O) groups is 1. The van der Waals surface area contributed by atoms with Crippen LogP contribution in [0.1, 0.15) is 39.7 Å². The Morgan fingerprint density at radius 1 is 1.35 bits per heavy atom. The summed E-state index contributed by atoms with van der Waals surface area (Å²) in [5.74, 6) is 1.58. The van der Waals surface area contributed by atoms with Gasteiger partial charge in [0.25, 0.3) is 0 Å². The fourth-order valence-electron chi connectivity index (χ4n) is 2.27. The number of amides is 1. The van der Waals surface area contributed by atoms with Crippen molar-refractivity contribution in [3.05, 3.63) is 23.8 Å². The van der Waals surface area contributed by atoms with Crippen LogP contribution in [0.25, 0.3) is 0 Å². The number of hydrogen-bond acceptors (Lipinski definition) is 5. The number of benzene rings is 1. The van der Waals surface area contributed by atoms with Crippen LogP contribution in [0.5, 0.6) is 11.5 Å². The maximum atomic E-state index is 11.7. The molecule has 0 radical (unpaired) electrons. The van der Waals surface area contributed by atoms with Gasteiger partial charge in [-0.05, 0) is 33.3 Å². The van der Waals surface area contributed by atoms with Crippen molar-refractivity contribution < 1.29 is 19.0 Å². The molecule has 1 amide bonds. The van der Waals surface area contributed by atoms with Crippen LogP contribution >= 0.6 is 0 Å². The highest BCUT2D eigenvalue weighted by Gasteiger charge is 2.19. The monoisotopic (exact) mass is 322 g/mol. The normalized spacial score (nSPS) is 14.4. The number of rotatable bonds is 6. The van der Waals surface area contributed by atoms with Gasteiger partial charge in [0, 0.05) is 24.7 Å². The van der Waals surface area contributed by atoms with Gasteiger partial charge in [0.2, 0.25) is 6.79 Å². The van der Waals surface area contributed by atoms with Gasteiger partial charge in [-0.1, -0.05) is 19.1 Å². The van der Waals surface area contributed by atoms with Gasteiger partial charge in [-0.25, -0.2) is 4.79 Å². The van der Waals surface area contributed by atoms with Crippen LogP contribution < -0.4 is 20.1 Å². The Balaban J connectivity index is 1.81. The van der Waals surface area contributed by atoms with E-state index in [9.17, 15) is 4.79 Å². The lowest BCUT2D eigenvalue weighted by Crippen LogP contribution is -2.42. The third-order valence-corrected chi connectivity index (χ3v) is 3.44.